The molecule has 5 nitrogen and oxygen atoms in total. The Labute approximate surface area is 137 Å². The summed E-state index contributed by atoms with van der Waals surface area (Å²) in [6.45, 7) is 5.77. The summed E-state index contributed by atoms with van der Waals surface area (Å²) in [5.41, 5.74) is 2.49. The van der Waals surface area contributed by atoms with E-state index in [1.807, 2.05) is 29.7 Å². The van der Waals surface area contributed by atoms with Crippen LogP contribution in [0, 0.1) is 4.77 Å². The summed E-state index contributed by atoms with van der Waals surface area (Å²) in [5, 5.41) is 4.38. The summed E-state index contributed by atoms with van der Waals surface area (Å²) < 4.78 is 4.64. The van der Waals surface area contributed by atoms with Crippen molar-refractivity contribution in [1.82, 2.24) is 19.2 Å². The van der Waals surface area contributed by atoms with Crippen molar-refractivity contribution in [3.63, 3.8) is 0 Å². The van der Waals surface area contributed by atoms with Crippen LogP contribution in [0.15, 0.2) is 30.6 Å². The maximum atomic E-state index is 5.46. The summed E-state index contributed by atoms with van der Waals surface area (Å²) in [6.07, 6.45) is 1.81. The molecule has 0 spiro atoms. The number of nitrogens with zero attached hydrogens (tertiary/aromatic N) is 5. The zero-order valence-corrected chi connectivity index (χ0v) is 14.8. The van der Waals surface area contributed by atoms with E-state index in [0.717, 1.165) is 11.3 Å². The lowest BCUT2D eigenvalue weighted by molar-refractivity contribution is 0.243. The zero-order valence-electron chi connectivity index (χ0n) is 14.0. The van der Waals surface area contributed by atoms with Gasteiger partial charge in [0, 0.05) is 32.4 Å². The second-order valence-corrected chi connectivity index (χ2v) is 6.50. The molecule has 2 rings (SSSR count). The van der Waals surface area contributed by atoms with Crippen molar-refractivity contribution >= 4 is 17.9 Å². The van der Waals surface area contributed by atoms with E-state index in [1.165, 1.54) is 11.3 Å². The molecule has 6 heteroatoms. The molecule has 0 amide bonds. The maximum Gasteiger partial charge on any atom is 0.199 e. The minimum absolute atomic E-state index is 0.338. The second-order valence-electron chi connectivity index (χ2n) is 6.13. The van der Waals surface area contributed by atoms with E-state index in [0.29, 0.717) is 12.7 Å². The summed E-state index contributed by atoms with van der Waals surface area (Å²) in [4.78, 5) is 4.31. The van der Waals surface area contributed by atoms with Gasteiger partial charge in [0.2, 0.25) is 0 Å². The van der Waals surface area contributed by atoms with Crippen LogP contribution in [-0.4, -0.2) is 40.4 Å². The van der Waals surface area contributed by atoms with Crippen LogP contribution in [0.3, 0.4) is 0 Å². The van der Waals surface area contributed by atoms with Gasteiger partial charge in [-0.25, -0.2) is 4.68 Å². The highest BCUT2D eigenvalue weighted by atomic mass is 32.1. The van der Waals surface area contributed by atoms with Gasteiger partial charge in [-0.05, 0) is 50.8 Å². The molecule has 120 valence electrons. The molecule has 0 aliphatic rings. The first kappa shape index (κ1) is 16.7. The highest BCUT2D eigenvalue weighted by Crippen LogP contribution is 2.13. The van der Waals surface area contributed by atoms with Crippen LogP contribution in [0.2, 0.25) is 0 Å². The molecule has 1 aromatic heterocycles. The van der Waals surface area contributed by atoms with E-state index in [9.17, 15) is 0 Å². The van der Waals surface area contributed by atoms with Crippen LogP contribution in [0.1, 0.15) is 25.5 Å². The highest BCUT2D eigenvalue weighted by molar-refractivity contribution is 7.71. The Bertz CT molecular complexity index is 654. The molecular formula is C16H25N5S. The van der Waals surface area contributed by atoms with Gasteiger partial charge in [0.15, 0.2) is 4.77 Å². The molecule has 1 aromatic carbocycles. The lowest BCUT2D eigenvalue weighted by Crippen LogP contribution is -2.22. The summed E-state index contributed by atoms with van der Waals surface area (Å²) in [5.74, 6) is 0. The standard InChI is InChI=1S/C16H25N5S/c1-13(2)20-11-17-21(16(20)22)12-19(5)10-14-6-8-15(9-7-14)18(3)4/h6-9,11,13H,10,12H2,1-5H3. The Balaban J connectivity index is 2.01. The Kier molecular flexibility index (Phi) is 5.37. The van der Waals surface area contributed by atoms with E-state index in [2.05, 4.69) is 60.1 Å². The Morgan fingerprint density at radius 3 is 2.27 bits per heavy atom. The van der Waals surface area contributed by atoms with Crippen molar-refractivity contribution < 1.29 is 0 Å². The summed E-state index contributed by atoms with van der Waals surface area (Å²) in [7, 11) is 6.18. The molecule has 0 saturated carbocycles. The average molecular weight is 319 g/mol. The minimum Gasteiger partial charge on any atom is -0.378 e. The van der Waals surface area contributed by atoms with Gasteiger partial charge in [-0.1, -0.05) is 12.1 Å². The molecular weight excluding hydrogens is 294 g/mol. The molecule has 0 N–H and O–H groups in total. The first-order valence-electron chi connectivity index (χ1n) is 7.47. The molecule has 0 bridgehead atoms. The van der Waals surface area contributed by atoms with Gasteiger partial charge in [0.05, 0.1) is 6.67 Å². The Morgan fingerprint density at radius 2 is 1.77 bits per heavy atom. The molecule has 0 unspecified atom stereocenters. The molecule has 0 aliphatic heterocycles. The first-order chi connectivity index (χ1) is 10.4. The van der Waals surface area contributed by atoms with Gasteiger partial charge in [-0.2, -0.15) is 5.10 Å². The lowest BCUT2D eigenvalue weighted by Gasteiger charge is -2.18. The third kappa shape index (κ3) is 3.96. The molecule has 0 atom stereocenters. The number of hydrogen-bond acceptors (Lipinski definition) is 4. The highest BCUT2D eigenvalue weighted by Gasteiger charge is 2.07. The zero-order chi connectivity index (χ0) is 16.3. The molecule has 22 heavy (non-hydrogen) atoms. The van der Waals surface area contributed by atoms with Crippen molar-refractivity contribution in [2.75, 3.05) is 26.0 Å². The number of aromatic nitrogens is 3. The average Bonchev–Trinajstić information content (AvgIpc) is 2.80. The third-order valence-electron chi connectivity index (χ3n) is 3.59. The van der Waals surface area contributed by atoms with E-state index in [-0.39, 0.29) is 0 Å². The maximum absolute atomic E-state index is 5.46. The monoisotopic (exact) mass is 319 g/mol. The molecule has 1 heterocycles. The number of benzene rings is 1. The smallest absolute Gasteiger partial charge is 0.199 e. The van der Waals surface area contributed by atoms with E-state index in [4.69, 9.17) is 12.2 Å². The topological polar surface area (TPSA) is 29.2 Å². The van der Waals surface area contributed by atoms with Crippen LogP contribution in [0.25, 0.3) is 0 Å². The predicted octanol–water partition coefficient (Wildman–Crippen LogP) is 3.15. The van der Waals surface area contributed by atoms with Gasteiger partial charge in [0.25, 0.3) is 0 Å². The Morgan fingerprint density at radius 1 is 1.14 bits per heavy atom. The van der Waals surface area contributed by atoms with E-state index in [1.54, 1.807) is 0 Å². The minimum atomic E-state index is 0.338. The molecule has 2 aromatic rings. The molecule has 0 fully saturated rings. The molecule has 0 radical (unpaired) electrons. The predicted molar refractivity (Wildman–Crippen MR) is 93.7 cm³/mol. The van der Waals surface area contributed by atoms with Gasteiger partial charge in [-0.15, -0.1) is 0 Å². The van der Waals surface area contributed by atoms with Gasteiger partial charge < -0.3 is 9.47 Å². The van der Waals surface area contributed by atoms with Crippen molar-refractivity contribution in [3.8, 4) is 0 Å². The fourth-order valence-electron chi connectivity index (χ4n) is 2.29. The fourth-order valence-corrected chi connectivity index (χ4v) is 2.65. The number of rotatable bonds is 6. The lowest BCUT2D eigenvalue weighted by atomic mass is 10.2. The number of anilines is 1. The van der Waals surface area contributed by atoms with Gasteiger partial charge in [-0.3, -0.25) is 4.90 Å². The second kappa shape index (κ2) is 7.07. The quantitative estimate of drug-likeness (QED) is 0.765. The normalized spacial score (nSPS) is 11.4. The van der Waals surface area contributed by atoms with Crippen molar-refractivity contribution in [2.24, 2.45) is 0 Å². The van der Waals surface area contributed by atoms with Crippen LogP contribution >= 0.6 is 12.2 Å². The SMILES string of the molecule is CC(C)n1cnn(CN(C)Cc2ccc(N(C)C)cc2)c1=S. The van der Waals surface area contributed by atoms with Crippen LogP contribution in [0.4, 0.5) is 5.69 Å². The largest absolute Gasteiger partial charge is 0.378 e. The molecule has 0 saturated heterocycles. The van der Waals surface area contributed by atoms with E-state index >= 15 is 0 Å². The number of hydrogen-bond donors (Lipinski definition) is 0. The summed E-state index contributed by atoms with van der Waals surface area (Å²) >= 11 is 5.46. The van der Waals surface area contributed by atoms with Crippen molar-refractivity contribution in [1.29, 1.82) is 0 Å². The van der Waals surface area contributed by atoms with Gasteiger partial charge in [0.1, 0.15) is 6.33 Å². The fraction of sp³-hybridized carbons (Fsp3) is 0.500. The first-order valence-corrected chi connectivity index (χ1v) is 7.88. The van der Waals surface area contributed by atoms with Crippen LogP contribution < -0.4 is 4.90 Å². The van der Waals surface area contributed by atoms with Gasteiger partial charge >= 0.3 is 0 Å². The third-order valence-corrected chi connectivity index (χ3v) is 4.02. The van der Waals surface area contributed by atoms with Crippen LogP contribution in [0.5, 0.6) is 0 Å². The Hall–Kier alpha value is -1.66. The van der Waals surface area contributed by atoms with Crippen LogP contribution in [-0.2, 0) is 13.2 Å². The van der Waals surface area contributed by atoms with Crippen molar-refractivity contribution in [2.45, 2.75) is 33.1 Å². The summed E-state index contributed by atoms with van der Waals surface area (Å²) in [6, 6.07) is 8.95. The van der Waals surface area contributed by atoms with E-state index < -0.39 is 0 Å². The molecule has 0 aliphatic carbocycles. The van der Waals surface area contributed by atoms with Crippen molar-refractivity contribution in [3.05, 3.63) is 40.9 Å².